The Morgan fingerprint density at radius 3 is 0.348 bits per heavy atom. The molecule has 0 saturated heterocycles. The average molecular weight is 972 g/mol. The van der Waals surface area contributed by atoms with Crippen LogP contribution in [0.5, 0.6) is 0 Å². The molecule has 0 unspecified atom stereocenters. The molecule has 416 valence electrons. The van der Waals surface area contributed by atoms with Gasteiger partial charge in [-0.1, -0.05) is 362 Å². The Balaban J connectivity index is 4.75. The van der Waals surface area contributed by atoms with Crippen molar-refractivity contribution in [1.29, 1.82) is 0 Å². The highest BCUT2D eigenvalue weighted by atomic mass is 15.1. The van der Waals surface area contributed by atoms with Crippen LogP contribution in [0.4, 0.5) is 0 Å². The average Bonchev–Trinajstić information content (AvgIpc) is 3.36. The van der Waals surface area contributed by atoms with Gasteiger partial charge in [0.2, 0.25) is 0 Å². The van der Waals surface area contributed by atoms with E-state index in [9.17, 15) is 0 Å². The summed E-state index contributed by atoms with van der Waals surface area (Å²) in [5.74, 6) is 0. The molecule has 0 saturated carbocycles. The van der Waals surface area contributed by atoms with Gasteiger partial charge >= 0.3 is 0 Å². The Morgan fingerprint density at radius 1 is 0.116 bits per heavy atom. The third-order valence-electron chi connectivity index (χ3n) is 16.3. The van der Waals surface area contributed by atoms with Crippen molar-refractivity contribution in [2.75, 3.05) is 39.3 Å². The number of hydrogen-bond donors (Lipinski definition) is 0. The lowest BCUT2D eigenvalue weighted by atomic mass is 10.0. The molecule has 0 atom stereocenters. The summed E-state index contributed by atoms with van der Waals surface area (Å²) in [5, 5.41) is 0. The molecule has 0 aliphatic rings. The van der Waals surface area contributed by atoms with E-state index in [0.29, 0.717) is 0 Å². The Morgan fingerprint density at radius 2 is 0.217 bits per heavy atom. The van der Waals surface area contributed by atoms with Crippen molar-refractivity contribution >= 4 is 0 Å². The maximum absolute atomic E-state index is 2.93. The number of nitrogens with zero attached hydrogens (tertiary/aromatic N) is 2. The van der Waals surface area contributed by atoms with Gasteiger partial charge in [0, 0.05) is 0 Å². The Hall–Kier alpha value is -0.0800. The van der Waals surface area contributed by atoms with E-state index >= 15 is 0 Å². The van der Waals surface area contributed by atoms with E-state index in [2.05, 4.69) is 37.5 Å². The van der Waals surface area contributed by atoms with E-state index in [1.54, 1.807) is 0 Å². The minimum absolute atomic E-state index is 1.34. The van der Waals surface area contributed by atoms with Crippen LogP contribution >= 0.6 is 0 Å². The lowest BCUT2D eigenvalue weighted by molar-refractivity contribution is 0.215. The van der Waals surface area contributed by atoms with Crippen LogP contribution in [-0.2, 0) is 0 Å². The summed E-state index contributed by atoms with van der Waals surface area (Å²) in [4.78, 5) is 5.86. The molecule has 0 aromatic rings. The van der Waals surface area contributed by atoms with Crippen molar-refractivity contribution in [2.24, 2.45) is 0 Å². The van der Waals surface area contributed by atoms with Crippen LogP contribution in [0.1, 0.15) is 394 Å². The van der Waals surface area contributed by atoms with Crippen LogP contribution in [0.2, 0.25) is 0 Å². The second kappa shape index (κ2) is 64.0. The molecule has 0 radical (unpaired) electrons. The van der Waals surface area contributed by atoms with Crippen molar-refractivity contribution in [1.82, 2.24) is 9.80 Å². The zero-order valence-electron chi connectivity index (χ0n) is 49.4. The Labute approximate surface area is 440 Å². The summed E-state index contributed by atoms with van der Waals surface area (Å²) in [5.41, 5.74) is 0. The minimum atomic E-state index is 1.34. The van der Waals surface area contributed by atoms with Crippen LogP contribution in [0.15, 0.2) is 0 Å². The standard InChI is InChI=1S/C67H138N2/c1-5-9-13-17-21-25-29-33-37-41-45-49-53-57-62-68(63-58-54-50-46-42-38-34-30-26-22-18-14-10-6-2)66-61-67-69(64-59-55-51-47-43-39-35-31-27-23-19-15-11-7-3)65-60-56-52-48-44-40-36-32-28-24-20-16-12-8-4/h5-67H2,1-4H3. The molecule has 0 heterocycles. The van der Waals surface area contributed by atoms with E-state index in [-0.39, 0.29) is 0 Å². The molecule has 0 N–H and O–H groups in total. The first-order chi connectivity index (χ1) is 34.3. The van der Waals surface area contributed by atoms with Gasteiger partial charge in [0.05, 0.1) is 0 Å². The monoisotopic (exact) mass is 971 g/mol. The third kappa shape index (κ3) is 60.4. The van der Waals surface area contributed by atoms with E-state index < -0.39 is 0 Å². The van der Waals surface area contributed by atoms with E-state index in [1.807, 2.05) is 0 Å². The van der Waals surface area contributed by atoms with Crippen molar-refractivity contribution in [3.8, 4) is 0 Å². The van der Waals surface area contributed by atoms with Gasteiger partial charge in [0.1, 0.15) is 0 Å². The van der Waals surface area contributed by atoms with Gasteiger partial charge in [0.25, 0.3) is 0 Å². The largest absolute Gasteiger partial charge is 0.303 e. The van der Waals surface area contributed by atoms with E-state index in [0.717, 1.165) is 0 Å². The van der Waals surface area contributed by atoms with Crippen LogP contribution < -0.4 is 0 Å². The topological polar surface area (TPSA) is 6.48 Å². The number of rotatable bonds is 64. The van der Waals surface area contributed by atoms with Gasteiger partial charge in [-0.05, 0) is 71.4 Å². The van der Waals surface area contributed by atoms with Crippen LogP contribution in [0.3, 0.4) is 0 Å². The first kappa shape index (κ1) is 68.9. The molecule has 0 fully saturated rings. The molecular weight excluding hydrogens is 833 g/mol. The molecular formula is C67H138N2. The second-order valence-corrected chi connectivity index (χ2v) is 23.4. The Kier molecular flexibility index (Phi) is 64.0. The van der Waals surface area contributed by atoms with Crippen molar-refractivity contribution < 1.29 is 0 Å². The predicted molar refractivity (Wildman–Crippen MR) is 319 cm³/mol. The fourth-order valence-corrected chi connectivity index (χ4v) is 11.3. The van der Waals surface area contributed by atoms with E-state index in [4.69, 9.17) is 0 Å². The van der Waals surface area contributed by atoms with Gasteiger partial charge < -0.3 is 9.80 Å². The molecule has 2 heteroatoms. The van der Waals surface area contributed by atoms with Crippen molar-refractivity contribution in [3.05, 3.63) is 0 Å². The molecule has 0 amide bonds. The summed E-state index contributed by atoms with van der Waals surface area (Å²) >= 11 is 0. The maximum Gasteiger partial charge on any atom is -0.000655 e. The second-order valence-electron chi connectivity index (χ2n) is 23.4. The molecule has 0 aliphatic carbocycles. The molecule has 69 heavy (non-hydrogen) atoms. The highest BCUT2D eigenvalue weighted by Crippen LogP contribution is 2.18. The van der Waals surface area contributed by atoms with Crippen LogP contribution in [0.25, 0.3) is 0 Å². The summed E-state index contributed by atoms with van der Waals surface area (Å²) in [6.45, 7) is 17.4. The molecule has 0 aromatic carbocycles. The molecule has 0 spiro atoms. The predicted octanol–water partition coefficient (Wildman–Crippen LogP) is 23.9. The van der Waals surface area contributed by atoms with Crippen LogP contribution in [-0.4, -0.2) is 49.1 Å². The molecule has 0 bridgehead atoms. The quantitative estimate of drug-likeness (QED) is 0.0561. The summed E-state index contributed by atoms with van der Waals surface area (Å²) in [6.07, 6.45) is 83.2. The van der Waals surface area contributed by atoms with Gasteiger partial charge in [-0.2, -0.15) is 0 Å². The maximum atomic E-state index is 2.93. The molecule has 2 nitrogen and oxygen atoms in total. The zero-order valence-corrected chi connectivity index (χ0v) is 49.4. The van der Waals surface area contributed by atoms with Gasteiger partial charge in [-0.25, -0.2) is 0 Å². The first-order valence-electron chi connectivity index (χ1n) is 33.7. The van der Waals surface area contributed by atoms with E-state index in [1.165, 1.54) is 405 Å². The molecule has 0 aliphatic heterocycles. The van der Waals surface area contributed by atoms with Gasteiger partial charge in [0.15, 0.2) is 0 Å². The molecule has 0 aromatic heterocycles. The highest BCUT2D eigenvalue weighted by Gasteiger charge is 2.10. The summed E-state index contributed by atoms with van der Waals surface area (Å²) in [6, 6.07) is 0. The lowest BCUT2D eigenvalue weighted by Gasteiger charge is -2.26. The first-order valence-corrected chi connectivity index (χ1v) is 33.7. The lowest BCUT2D eigenvalue weighted by Crippen LogP contribution is -2.32. The van der Waals surface area contributed by atoms with Crippen molar-refractivity contribution in [2.45, 2.75) is 394 Å². The van der Waals surface area contributed by atoms with Gasteiger partial charge in [-0.3, -0.25) is 0 Å². The summed E-state index contributed by atoms with van der Waals surface area (Å²) < 4.78 is 0. The molecule has 0 rings (SSSR count). The normalized spacial score (nSPS) is 11.9. The van der Waals surface area contributed by atoms with Crippen LogP contribution in [0, 0.1) is 0 Å². The summed E-state index contributed by atoms with van der Waals surface area (Å²) in [7, 11) is 0. The van der Waals surface area contributed by atoms with Gasteiger partial charge in [-0.15, -0.1) is 0 Å². The SMILES string of the molecule is CCCCCCCCCCCCCCCCN(CCCCCCCCCCCCCCCC)CCCN(CCCCCCCCCCCCCCCC)CCCCCCCCCCCCCCCC. The fourth-order valence-electron chi connectivity index (χ4n) is 11.3. The third-order valence-corrected chi connectivity index (χ3v) is 16.3. The number of unbranched alkanes of at least 4 members (excludes halogenated alkanes) is 52. The Bertz CT molecular complexity index is 724. The minimum Gasteiger partial charge on any atom is -0.303 e. The fraction of sp³-hybridized carbons (Fsp3) is 1.00. The zero-order chi connectivity index (χ0) is 49.7. The smallest absolute Gasteiger partial charge is 0.000655 e. The number of hydrogen-bond acceptors (Lipinski definition) is 2. The van der Waals surface area contributed by atoms with Crippen molar-refractivity contribution in [3.63, 3.8) is 0 Å². The highest BCUT2D eigenvalue weighted by molar-refractivity contribution is 4.65.